The van der Waals surface area contributed by atoms with Gasteiger partial charge in [0.05, 0.1) is 21.5 Å². The Morgan fingerprint density at radius 2 is 2.12 bits per heavy atom. The smallest absolute Gasteiger partial charge is 0.249 e. The summed E-state index contributed by atoms with van der Waals surface area (Å²) in [6.07, 6.45) is -0.635. The fourth-order valence-corrected chi connectivity index (χ4v) is 4.06. The zero-order chi connectivity index (χ0) is 17.7. The summed E-state index contributed by atoms with van der Waals surface area (Å²) in [5.41, 5.74) is 2.38. The maximum atomic E-state index is 13.9. The number of benzene rings is 2. The van der Waals surface area contributed by atoms with Crippen molar-refractivity contribution in [2.45, 2.75) is 31.4 Å². The van der Waals surface area contributed by atoms with E-state index in [1.807, 2.05) is 27.4 Å². The number of fused-ring (bicyclic) bond motifs is 3. The van der Waals surface area contributed by atoms with Crippen LogP contribution in [-0.2, 0) is 0 Å². The molecule has 0 amide bonds. The van der Waals surface area contributed by atoms with Crippen molar-refractivity contribution in [2.75, 3.05) is 0 Å². The lowest BCUT2D eigenvalue weighted by Gasteiger charge is -2.19. The fraction of sp³-hybridized carbons (Fsp3) is 0.278. The lowest BCUT2D eigenvalue weighted by atomic mass is 9.99. The minimum absolute atomic E-state index is 0.0349. The molecule has 0 aliphatic carbocycles. The summed E-state index contributed by atoms with van der Waals surface area (Å²) < 4.78 is 35.1. The number of hydrogen-bond donors (Lipinski definition) is 0. The molecule has 0 bridgehead atoms. The van der Waals surface area contributed by atoms with Crippen LogP contribution in [0.3, 0.4) is 0 Å². The second-order valence-electron chi connectivity index (χ2n) is 6.25. The van der Waals surface area contributed by atoms with Crippen molar-refractivity contribution in [3.05, 3.63) is 58.1 Å². The van der Waals surface area contributed by atoms with Crippen molar-refractivity contribution in [1.82, 2.24) is 9.55 Å². The third-order valence-electron chi connectivity index (χ3n) is 4.61. The number of aromatic nitrogens is 2. The molecule has 4 atom stereocenters. The van der Waals surface area contributed by atoms with E-state index in [4.69, 9.17) is 4.74 Å². The van der Waals surface area contributed by atoms with Gasteiger partial charge in [0, 0.05) is 17.5 Å². The molecule has 0 fully saturated rings. The number of para-hydroxylation sites is 1. The van der Waals surface area contributed by atoms with Gasteiger partial charge >= 0.3 is 0 Å². The molecule has 0 N–H and O–H groups in total. The number of ether oxygens (including phenoxy) is 1. The molecule has 4 rings (SSSR count). The molecule has 0 radical (unpaired) electrons. The molecular formula is C18H16BrF2N2OP. The van der Waals surface area contributed by atoms with E-state index >= 15 is 0 Å². The molecule has 1 aliphatic rings. The molecule has 0 saturated carbocycles. The third-order valence-corrected chi connectivity index (χ3v) is 5.35. The van der Waals surface area contributed by atoms with Gasteiger partial charge in [-0.05, 0) is 34.5 Å². The Bertz CT molecular complexity index is 960. The first-order valence-electron chi connectivity index (χ1n) is 7.98. The van der Waals surface area contributed by atoms with E-state index in [9.17, 15) is 8.78 Å². The van der Waals surface area contributed by atoms with Crippen molar-refractivity contribution in [2.24, 2.45) is 0 Å². The molecule has 25 heavy (non-hydrogen) atoms. The molecule has 1 aromatic heterocycles. The highest BCUT2D eigenvalue weighted by molar-refractivity contribution is 9.10. The zero-order valence-electron chi connectivity index (χ0n) is 13.4. The first-order chi connectivity index (χ1) is 12.0. The summed E-state index contributed by atoms with van der Waals surface area (Å²) in [5.74, 6) is 1.30. The minimum atomic E-state index is -1.47. The van der Waals surface area contributed by atoms with Gasteiger partial charge in [-0.15, -0.1) is 0 Å². The summed E-state index contributed by atoms with van der Waals surface area (Å²) in [6.45, 7) is 2.10. The Morgan fingerprint density at radius 1 is 1.36 bits per heavy atom. The van der Waals surface area contributed by atoms with Gasteiger partial charge in [-0.3, -0.25) is 0 Å². The van der Waals surface area contributed by atoms with Gasteiger partial charge < -0.3 is 9.30 Å². The molecule has 130 valence electrons. The third kappa shape index (κ3) is 2.85. The van der Waals surface area contributed by atoms with E-state index < -0.39 is 6.10 Å². The lowest BCUT2D eigenvalue weighted by molar-refractivity contribution is 0.151. The molecular weight excluding hydrogens is 409 g/mol. The second kappa shape index (κ2) is 6.33. The van der Waals surface area contributed by atoms with Crippen LogP contribution >= 0.6 is 25.2 Å². The normalized spacial score (nSPS) is 20.7. The predicted molar refractivity (Wildman–Crippen MR) is 100 cm³/mol. The summed E-state index contributed by atoms with van der Waals surface area (Å²) in [5, 5.41) is 0. The number of halogens is 3. The summed E-state index contributed by atoms with van der Waals surface area (Å²) in [4.78, 5) is 4.63. The molecule has 1 aliphatic heterocycles. The van der Waals surface area contributed by atoms with E-state index in [0.29, 0.717) is 15.7 Å². The quantitative estimate of drug-likeness (QED) is 0.516. The first-order valence-corrected chi connectivity index (χ1v) is 9.43. The van der Waals surface area contributed by atoms with Gasteiger partial charge in [-0.25, -0.2) is 9.37 Å². The Morgan fingerprint density at radius 3 is 2.88 bits per heavy atom. The Balaban J connectivity index is 1.90. The van der Waals surface area contributed by atoms with Crippen LogP contribution in [0.25, 0.3) is 11.0 Å². The van der Waals surface area contributed by atoms with Gasteiger partial charge in [0.15, 0.2) is 0 Å². The Hall–Kier alpha value is -1.52. The van der Waals surface area contributed by atoms with Gasteiger partial charge in [0.2, 0.25) is 6.10 Å². The number of rotatable bonds is 3. The van der Waals surface area contributed by atoms with Crippen molar-refractivity contribution in [3.8, 4) is 5.75 Å². The van der Waals surface area contributed by atoms with Crippen LogP contribution in [-0.4, -0.2) is 15.6 Å². The van der Waals surface area contributed by atoms with Crippen LogP contribution < -0.4 is 4.74 Å². The molecule has 2 aromatic carbocycles. The second-order valence-corrected chi connectivity index (χ2v) is 7.63. The lowest BCUT2D eigenvalue weighted by Crippen LogP contribution is -2.10. The van der Waals surface area contributed by atoms with E-state index in [1.54, 1.807) is 12.1 Å². The van der Waals surface area contributed by atoms with E-state index in [1.165, 1.54) is 6.07 Å². The van der Waals surface area contributed by atoms with Crippen LogP contribution in [0.5, 0.6) is 5.75 Å². The van der Waals surface area contributed by atoms with Gasteiger partial charge in [0.1, 0.15) is 17.4 Å². The van der Waals surface area contributed by atoms with Gasteiger partial charge in [-0.1, -0.05) is 34.4 Å². The van der Waals surface area contributed by atoms with Crippen molar-refractivity contribution < 1.29 is 13.5 Å². The van der Waals surface area contributed by atoms with Crippen LogP contribution in [0.1, 0.15) is 36.7 Å². The topological polar surface area (TPSA) is 27.1 Å². The molecule has 3 aromatic rings. The highest BCUT2D eigenvalue weighted by Crippen LogP contribution is 2.45. The zero-order valence-corrected chi connectivity index (χ0v) is 16.2. The largest absolute Gasteiger partial charge is 0.457 e. The molecule has 0 saturated heterocycles. The molecule has 2 heterocycles. The monoisotopic (exact) mass is 424 g/mol. The standard InChI is InChI=1S/C18H16BrF2N2OP/c1-9-6-14(10-4-2-3-5-16(10)24-18(21)25)23-15-7-11(19)12(20)8-13(15)22-17(9)23/h2-5,7-9,14,18H,6,25H2,1H3. The van der Waals surface area contributed by atoms with Crippen molar-refractivity contribution in [3.63, 3.8) is 0 Å². The fourth-order valence-electron chi connectivity index (χ4n) is 3.58. The molecule has 0 spiro atoms. The van der Waals surface area contributed by atoms with Crippen LogP contribution in [0.2, 0.25) is 0 Å². The minimum Gasteiger partial charge on any atom is -0.457 e. The Kier molecular flexibility index (Phi) is 4.28. The maximum Gasteiger partial charge on any atom is 0.249 e. The van der Waals surface area contributed by atoms with E-state index in [0.717, 1.165) is 23.3 Å². The summed E-state index contributed by atoms with van der Waals surface area (Å²) in [7, 11) is 2.00. The summed E-state index contributed by atoms with van der Waals surface area (Å²) >= 11 is 3.25. The number of imidazole rings is 1. The van der Waals surface area contributed by atoms with Crippen LogP contribution in [0.4, 0.5) is 8.78 Å². The van der Waals surface area contributed by atoms with Crippen molar-refractivity contribution >= 4 is 36.2 Å². The Labute approximate surface area is 154 Å². The van der Waals surface area contributed by atoms with Crippen LogP contribution in [0, 0.1) is 5.82 Å². The summed E-state index contributed by atoms with van der Waals surface area (Å²) in [6, 6.07) is 10.6. The van der Waals surface area contributed by atoms with E-state index in [2.05, 4.69) is 32.4 Å². The molecule has 3 nitrogen and oxygen atoms in total. The van der Waals surface area contributed by atoms with Crippen LogP contribution in [0.15, 0.2) is 40.9 Å². The van der Waals surface area contributed by atoms with Gasteiger partial charge in [0.25, 0.3) is 0 Å². The molecule has 7 heteroatoms. The van der Waals surface area contributed by atoms with Gasteiger partial charge in [-0.2, -0.15) is 4.39 Å². The number of alkyl halides is 1. The average molecular weight is 425 g/mol. The van der Waals surface area contributed by atoms with Crippen molar-refractivity contribution in [1.29, 1.82) is 0 Å². The maximum absolute atomic E-state index is 13.9. The average Bonchev–Trinajstić information content (AvgIpc) is 3.06. The SMILES string of the molecule is CC1CC(c2ccccc2OC(F)P)n2c1nc1cc(F)c(Br)cc12. The first kappa shape index (κ1) is 16.9. The number of nitrogens with zero attached hydrogens (tertiary/aromatic N) is 2. The number of hydrogen-bond acceptors (Lipinski definition) is 2. The highest BCUT2D eigenvalue weighted by Gasteiger charge is 2.34. The van der Waals surface area contributed by atoms with E-state index in [-0.39, 0.29) is 17.8 Å². The molecule has 4 unspecified atom stereocenters. The highest BCUT2D eigenvalue weighted by atomic mass is 79.9. The predicted octanol–water partition coefficient (Wildman–Crippen LogP) is 5.54.